The van der Waals surface area contributed by atoms with Gasteiger partial charge in [0, 0.05) is 16.3 Å². The predicted octanol–water partition coefficient (Wildman–Crippen LogP) is 3.16. The molecule has 3 nitrogen and oxygen atoms in total. The third kappa shape index (κ3) is 2.31. The topological polar surface area (TPSA) is 52.3 Å². The van der Waals surface area contributed by atoms with Crippen molar-refractivity contribution in [2.75, 3.05) is 12.8 Å². The van der Waals surface area contributed by atoms with Crippen molar-refractivity contribution in [2.24, 2.45) is 0 Å². The molecule has 0 aliphatic carbocycles. The van der Waals surface area contributed by atoms with Crippen LogP contribution in [0.25, 0.3) is 0 Å². The summed E-state index contributed by atoms with van der Waals surface area (Å²) in [6.45, 7) is 0. The predicted molar refractivity (Wildman–Crippen MR) is 72.3 cm³/mol. The van der Waals surface area contributed by atoms with Crippen LogP contribution in [-0.4, -0.2) is 12.9 Å². The number of para-hydroxylation sites is 1. The summed E-state index contributed by atoms with van der Waals surface area (Å²) in [6, 6.07) is 11.8. The Morgan fingerprint density at radius 1 is 1.17 bits per heavy atom. The number of hydrogen-bond donors (Lipinski definition) is 1. The lowest BCUT2D eigenvalue weighted by molar-refractivity contribution is 0.103. The molecule has 0 saturated heterocycles. The minimum atomic E-state index is -0.179. The molecule has 0 amide bonds. The van der Waals surface area contributed by atoms with Gasteiger partial charge in [-0.1, -0.05) is 23.7 Å². The Hall–Kier alpha value is -2.00. The van der Waals surface area contributed by atoms with E-state index in [-0.39, 0.29) is 5.78 Å². The summed E-state index contributed by atoms with van der Waals surface area (Å²) < 4.78 is 5.16. The number of rotatable bonds is 3. The van der Waals surface area contributed by atoms with Crippen molar-refractivity contribution < 1.29 is 9.53 Å². The van der Waals surface area contributed by atoms with Crippen LogP contribution >= 0.6 is 11.6 Å². The molecule has 0 spiro atoms. The second-order valence-corrected chi connectivity index (χ2v) is 4.20. The van der Waals surface area contributed by atoms with Crippen molar-refractivity contribution in [3.05, 3.63) is 58.6 Å². The average Bonchev–Trinajstić information content (AvgIpc) is 2.38. The molecule has 0 unspecified atom stereocenters. The number of halogens is 1. The molecule has 2 N–H and O–H groups in total. The number of carbonyl (C=O) groups is 1. The molecule has 2 aromatic rings. The van der Waals surface area contributed by atoms with E-state index in [0.29, 0.717) is 27.6 Å². The summed E-state index contributed by atoms with van der Waals surface area (Å²) in [5.41, 5.74) is 7.07. The van der Waals surface area contributed by atoms with Crippen molar-refractivity contribution in [2.45, 2.75) is 0 Å². The fourth-order valence-electron chi connectivity index (χ4n) is 1.72. The van der Waals surface area contributed by atoms with Crippen LogP contribution in [0.1, 0.15) is 15.9 Å². The highest BCUT2D eigenvalue weighted by atomic mass is 35.5. The molecule has 0 atom stereocenters. The Kier molecular flexibility index (Phi) is 3.53. The van der Waals surface area contributed by atoms with Gasteiger partial charge >= 0.3 is 0 Å². The summed E-state index contributed by atoms with van der Waals surface area (Å²) in [5.74, 6) is 0.346. The highest BCUT2D eigenvalue weighted by Crippen LogP contribution is 2.25. The largest absolute Gasteiger partial charge is 0.496 e. The molecule has 18 heavy (non-hydrogen) atoms. The number of ketones is 1. The van der Waals surface area contributed by atoms with Crippen LogP contribution in [0.15, 0.2) is 42.5 Å². The van der Waals surface area contributed by atoms with E-state index in [0.717, 1.165) is 0 Å². The van der Waals surface area contributed by atoms with E-state index in [2.05, 4.69) is 0 Å². The molecule has 0 heterocycles. The van der Waals surface area contributed by atoms with Crippen molar-refractivity contribution in [3.8, 4) is 5.75 Å². The van der Waals surface area contributed by atoms with Crippen molar-refractivity contribution in [1.29, 1.82) is 0 Å². The fourth-order valence-corrected chi connectivity index (χ4v) is 1.90. The van der Waals surface area contributed by atoms with Crippen LogP contribution in [0.5, 0.6) is 5.75 Å². The number of nitrogens with two attached hydrogens (primary N) is 1. The number of benzene rings is 2. The number of carbonyl (C=O) groups excluding carboxylic acids is 1. The Labute approximate surface area is 110 Å². The normalized spacial score (nSPS) is 10.1. The zero-order valence-electron chi connectivity index (χ0n) is 9.81. The molecule has 4 heteroatoms. The average molecular weight is 262 g/mol. The van der Waals surface area contributed by atoms with E-state index in [1.54, 1.807) is 42.5 Å². The molecular formula is C14H12ClNO2. The standard InChI is InChI=1S/C14H12ClNO2/c1-18-13-5-3-2-4-11(13)14(17)10-7-6-9(15)8-12(10)16/h2-8H,16H2,1H3. The SMILES string of the molecule is COc1ccccc1C(=O)c1ccc(Cl)cc1N. The van der Waals surface area contributed by atoms with Gasteiger partial charge in [0.15, 0.2) is 5.78 Å². The number of ether oxygens (including phenoxy) is 1. The maximum absolute atomic E-state index is 12.4. The van der Waals surface area contributed by atoms with Crippen LogP contribution in [0.2, 0.25) is 5.02 Å². The number of hydrogen-bond acceptors (Lipinski definition) is 3. The van der Waals surface area contributed by atoms with Crippen molar-refractivity contribution >= 4 is 23.1 Å². The number of nitrogen functional groups attached to an aromatic ring is 1. The first-order valence-corrected chi connectivity index (χ1v) is 5.74. The second kappa shape index (κ2) is 5.10. The van der Waals surface area contributed by atoms with Crippen LogP contribution < -0.4 is 10.5 Å². The Morgan fingerprint density at radius 2 is 1.89 bits per heavy atom. The number of methoxy groups -OCH3 is 1. The smallest absolute Gasteiger partial charge is 0.198 e. The number of anilines is 1. The van der Waals surface area contributed by atoms with Gasteiger partial charge in [-0.15, -0.1) is 0 Å². The first-order chi connectivity index (χ1) is 8.63. The first-order valence-electron chi connectivity index (χ1n) is 5.36. The Balaban J connectivity index is 2.48. The van der Waals surface area contributed by atoms with E-state index >= 15 is 0 Å². The van der Waals surface area contributed by atoms with Crippen LogP contribution in [-0.2, 0) is 0 Å². The van der Waals surface area contributed by atoms with Crippen molar-refractivity contribution in [1.82, 2.24) is 0 Å². The summed E-state index contributed by atoms with van der Waals surface area (Å²) in [6.07, 6.45) is 0. The molecule has 2 aromatic carbocycles. The molecule has 0 aromatic heterocycles. The zero-order chi connectivity index (χ0) is 13.1. The second-order valence-electron chi connectivity index (χ2n) is 3.76. The fraction of sp³-hybridized carbons (Fsp3) is 0.0714. The lowest BCUT2D eigenvalue weighted by atomic mass is 10.0. The molecule has 0 saturated carbocycles. The molecule has 0 aliphatic heterocycles. The summed E-state index contributed by atoms with van der Waals surface area (Å²) in [7, 11) is 1.53. The van der Waals surface area contributed by atoms with E-state index in [1.807, 2.05) is 0 Å². The van der Waals surface area contributed by atoms with Crippen LogP contribution in [0.3, 0.4) is 0 Å². The monoisotopic (exact) mass is 261 g/mol. The van der Waals surface area contributed by atoms with Gasteiger partial charge in [-0.3, -0.25) is 4.79 Å². The molecule has 2 rings (SSSR count). The molecule has 0 radical (unpaired) electrons. The highest BCUT2D eigenvalue weighted by molar-refractivity contribution is 6.31. The quantitative estimate of drug-likeness (QED) is 0.682. The minimum Gasteiger partial charge on any atom is -0.496 e. The van der Waals surface area contributed by atoms with Gasteiger partial charge < -0.3 is 10.5 Å². The summed E-state index contributed by atoms with van der Waals surface area (Å²) in [5, 5.41) is 0.504. The summed E-state index contributed by atoms with van der Waals surface area (Å²) in [4.78, 5) is 12.4. The van der Waals surface area contributed by atoms with Crippen molar-refractivity contribution in [3.63, 3.8) is 0 Å². The van der Waals surface area contributed by atoms with E-state index in [4.69, 9.17) is 22.1 Å². The van der Waals surface area contributed by atoms with Crippen LogP contribution in [0, 0.1) is 0 Å². The Morgan fingerprint density at radius 3 is 2.56 bits per heavy atom. The van der Waals surface area contributed by atoms with Gasteiger partial charge in [0.05, 0.1) is 12.7 Å². The van der Waals surface area contributed by atoms with Gasteiger partial charge in [0.1, 0.15) is 5.75 Å². The molecule has 0 bridgehead atoms. The van der Waals surface area contributed by atoms with E-state index in [1.165, 1.54) is 7.11 Å². The van der Waals surface area contributed by atoms with Crippen LogP contribution in [0.4, 0.5) is 5.69 Å². The van der Waals surface area contributed by atoms with Gasteiger partial charge in [0.2, 0.25) is 0 Å². The molecule has 92 valence electrons. The third-order valence-corrected chi connectivity index (χ3v) is 2.84. The molecular weight excluding hydrogens is 250 g/mol. The zero-order valence-corrected chi connectivity index (χ0v) is 10.6. The van der Waals surface area contributed by atoms with Gasteiger partial charge in [-0.2, -0.15) is 0 Å². The summed E-state index contributed by atoms with van der Waals surface area (Å²) >= 11 is 5.81. The van der Waals surface area contributed by atoms with Gasteiger partial charge in [-0.05, 0) is 30.3 Å². The Bertz CT molecular complexity index is 596. The van der Waals surface area contributed by atoms with Gasteiger partial charge in [0.25, 0.3) is 0 Å². The molecule has 0 fully saturated rings. The maximum atomic E-state index is 12.4. The van der Waals surface area contributed by atoms with E-state index < -0.39 is 0 Å². The maximum Gasteiger partial charge on any atom is 0.198 e. The minimum absolute atomic E-state index is 0.179. The third-order valence-electron chi connectivity index (χ3n) is 2.61. The lowest BCUT2D eigenvalue weighted by Crippen LogP contribution is -2.06. The van der Waals surface area contributed by atoms with Gasteiger partial charge in [-0.25, -0.2) is 0 Å². The highest BCUT2D eigenvalue weighted by Gasteiger charge is 2.16. The lowest BCUT2D eigenvalue weighted by Gasteiger charge is -2.09. The first kappa shape index (κ1) is 12.5. The van der Waals surface area contributed by atoms with E-state index in [9.17, 15) is 4.79 Å². The molecule has 0 aliphatic rings.